The molecule has 2 rings (SSSR count). The number of amidine groups is 1. The van der Waals surface area contributed by atoms with Crippen LogP contribution in [0.25, 0.3) is 0 Å². The van der Waals surface area contributed by atoms with Crippen LogP contribution in [0.1, 0.15) is 38.2 Å². The molecule has 1 heterocycles. The normalized spacial score (nSPS) is 17.9. The molecule has 1 aliphatic rings. The Labute approximate surface area is 121 Å². The van der Waals surface area contributed by atoms with Crippen molar-refractivity contribution < 1.29 is 8.42 Å². The summed E-state index contributed by atoms with van der Waals surface area (Å²) in [6.07, 6.45) is 3.93. The van der Waals surface area contributed by atoms with Crippen LogP contribution in [0.2, 0.25) is 0 Å². The summed E-state index contributed by atoms with van der Waals surface area (Å²) in [7, 11) is -3.57. The second-order valence-corrected chi connectivity index (χ2v) is 6.84. The zero-order valence-electron chi connectivity index (χ0n) is 12.2. The van der Waals surface area contributed by atoms with Crippen LogP contribution in [0.4, 0.5) is 0 Å². The molecule has 1 fully saturated rings. The fourth-order valence-electron chi connectivity index (χ4n) is 2.31. The Hall–Kier alpha value is -1.36. The number of rotatable bonds is 5. The largest absolute Gasteiger partial charge is 0.359 e. The van der Waals surface area contributed by atoms with Gasteiger partial charge in [0, 0.05) is 19.5 Å². The van der Waals surface area contributed by atoms with Crippen LogP contribution >= 0.6 is 0 Å². The molecule has 0 atom stereocenters. The molecule has 0 saturated carbocycles. The quantitative estimate of drug-likeness (QED) is 0.839. The number of nitrogens with zero attached hydrogens (tertiary/aromatic N) is 2. The molecule has 0 amide bonds. The van der Waals surface area contributed by atoms with Gasteiger partial charge in [0.2, 0.25) is 0 Å². The van der Waals surface area contributed by atoms with Crippen LogP contribution < -0.4 is 0 Å². The summed E-state index contributed by atoms with van der Waals surface area (Å²) < 4.78 is 28.7. The molecule has 1 aliphatic heterocycles. The number of hydrogen-bond donors (Lipinski definition) is 0. The maximum atomic E-state index is 12.3. The highest BCUT2D eigenvalue weighted by molar-refractivity contribution is 7.90. The van der Waals surface area contributed by atoms with Gasteiger partial charge >= 0.3 is 0 Å². The molecule has 0 unspecified atom stereocenters. The summed E-state index contributed by atoms with van der Waals surface area (Å²) in [5.74, 6) is 0.721. The summed E-state index contributed by atoms with van der Waals surface area (Å²) >= 11 is 0. The van der Waals surface area contributed by atoms with E-state index >= 15 is 0 Å². The number of sulfonamides is 1. The Bertz CT molecular complexity index is 576. The monoisotopic (exact) mass is 294 g/mol. The number of benzene rings is 1. The Morgan fingerprint density at radius 3 is 2.60 bits per heavy atom. The summed E-state index contributed by atoms with van der Waals surface area (Å²) in [5, 5.41) is 0. The van der Waals surface area contributed by atoms with E-state index in [1.54, 1.807) is 24.3 Å². The van der Waals surface area contributed by atoms with Crippen molar-refractivity contribution in [2.45, 2.75) is 44.4 Å². The molecule has 20 heavy (non-hydrogen) atoms. The molecule has 0 aromatic heterocycles. The van der Waals surface area contributed by atoms with Gasteiger partial charge in [0.05, 0.1) is 4.90 Å². The molecule has 1 saturated heterocycles. The molecule has 0 spiro atoms. The predicted octanol–water partition coefficient (Wildman–Crippen LogP) is 2.98. The molecule has 1 aromatic carbocycles. The van der Waals surface area contributed by atoms with Gasteiger partial charge < -0.3 is 4.90 Å². The highest BCUT2D eigenvalue weighted by Crippen LogP contribution is 2.18. The van der Waals surface area contributed by atoms with Crippen molar-refractivity contribution in [2.24, 2.45) is 4.40 Å². The number of likely N-dealkylation sites (tertiary alicyclic amines) is 1. The Balaban J connectivity index is 2.21. The molecule has 1 aromatic rings. The average molecular weight is 294 g/mol. The average Bonchev–Trinajstić information content (AvgIpc) is 2.83. The van der Waals surface area contributed by atoms with Crippen LogP contribution in [-0.2, 0) is 10.0 Å². The van der Waals surface area contributed by atoms with Gasteiger partial charge in [-0.25, -0.2) is 0 Å². The highest BCUT2D eigenvalue weighted by Gasteiger charge is 2.22. The standard InChI is InChI=1S/C15H22N2O2S/c1-3-4-11-17-12-5-6-15(17)16-20(18,19)14-9-7-13(2)8-10-14/h7-10H,3-6,11-12H2,1-2H3/b16-15-. The third kappa shape index (κ3) is 3.60. The van der Waals surface area contributed by atoms with E-state index in [0.717, 1.165) is 50.2 Å². The molecule has 0 radical (unpaired) electrons. The van der Waals surface area contributed by atoms with Gasteiger partial charge in [-0.2, -0.15) is 8.42 Å². The van der Waals surface area contributed by atoms with Crippen molar-refractivity contribution >= 4 is 15.9 Å². The minimum absolute atomic E-state index is 0.276. The van der Waals surface area contributed by atoms with Gasteiger partial charge in [-0.3, -0.25) is 0 Å². The SMILES string of the molecule is CCCCN1CCC/C1=N/S(=O)(=O)c1ccc(C)cc1. The lowest BCUT2D eigenvalue weighted by molar-refractivity contribution is 0.440. The molecular formula is C15H22N2O2S. The second-order valence-electron chi connectivity index (χ2n) is 5.24. The Morgan fingerprint density at radius 1 is 1.25 bits per heavy atom. The van der Waals surface area contributed by atoms with Crippen molar-refractivity contribution in [3.8, 4) is 0 Å². The van der Waals surface area contributed by atoms with E-state index in [2.05, 4.69) is 16.2 Å². The van der Waals surface area contributed by atoms with Crippen molar-refractivity contribution in [2.75, 3.05) is 13.1 Å². The van der Waals surface area contributed by atoms with E-state index in [4.69, 9.17) is 0 Å². The van der Waals surface area contributed by atoms with Crippen molar-refractivity contribution in [1.82, 2.24) is 4.90 Å². The van der Waals surface area contributed by atoms with Crippen molar-refractivity contribution in [1.29, 1.82) is 0 Å². The van der Waals surface area contributed by atoms with E-state index in [0.29, 0.717) is 0 Å². The lowest BCUT2D eigenvalue weighted by Crippen LogP contribution is -2.26. The third-order valence-corrected chi connectivity index (χ3v) is 4.84. The van der Waals surface area contributed by atoms with Gasteiger partial charge in [-0.05, 0) is 31.9 Å². The van der Waals surface area contributed by atoms with Gasteiger partial charge in [0.1, 0.15) is 5.84 Å². The molecule has 4 nitrogen and oxygen atoms in total. The van der Waals surface area contributed by atoms with Crippen molar-refractivity contribution in [3.63, 3.8) is 0 Å². The molecule has 0 aliphatic carbocycles. The van der Waals surface area contributed by atoms with E-state index < -0.39 is 10.0 Å². The molecule has 0 bridgehead atoms. The maximum absolute atomic E-state index is 12.3. The number of aryl methyl sites for hydroxylation is 1. The summed E-state index contributed by atoms with van der Waals surface area (Å²) in [4.78, 5) is 2.38. The van der Waals surface area contributed by atoms with Crippen molar-refractivity contribution in [3.05, 3.63) is 29.8 Å². The summed E-state index contributed by atoms with van der Waals surface area (Å²) in [5.41, 5.74) is 1.04. The first-order chi connectivity index (χ1) is 9.53. The van der Waals surface area contributed by atoms with E-state index in [1.165, 1.54) is 0 Å². The third-order valence-electron chi connectivity index (χ3n) is 3.52. The fourth-order valence-corrected chi connectivity index (χ4v) is 3.38. The summed E-state index contributed by atoms with van der Waals surface area (Å²) in [6.45, 7) is 5.89. The van der Waals surface area contributed by atoms with E-state index in [9.17, 15) is 8.42 Å². The maximum Gasteiger partial charge on any atom is 0.283 e. The topological polar surface area (TPSA) is 49.7 Å². The zero-order valence-corrected chi connectivity index (χ0v) is 13.0. The number of hydrogen-bond acceptors (Lipinski definition) is 2. The first kappa shape index (κ1) is 15.0. The minimum Gasteiger partial charge on any atom is -0.359 e. The highest BCUT2D eigenvalue weighted by atomic mass is 32.2. The fraction of sp³-hybridized carbons (Fsp3) is 0.533. The minimum atomic E-state index is -3.57. The number of unbranched alkanes of at least 4 members (excludes halogenated alkanes) is 1. The smallest absolute Gasteiger partial charge is 0.283 e. The van der Waals surface area contributed by atoms with Gasteiger partial charge in [-0.15, -0.1) is 4.40 Å². The first-order valence-electron chi connectivity index (χ1n) is 7.18. The second kappa shape index (κ2) is 6.39. The first-order valence-corrected chi connectivity index (χ1v) is 8.62. The Morgan fingerprint density at radius 2 is 1.95 bits per heavy atom. The van der Waals surface area contributed by atoms with E-state index in [-0.39, 0.29) is 4.90 Å². The molecular weight excluding hydrogens is 272 g/mol. The van der Waals surface area contributed by atoms with Crippen LogP contribution in [0, 0.1) is 6.92 Å². The Kier molecular flexibility index (Phi) is 4.81. The summed E-state index contributed by atoms with van der Waals surface area (Å²) in [6, 6.07) is 6.85. The molecule has 0 N–H and O–H groups in total. The molecule has 5 heteroatoms. The van der Waals surface area contributed by atoms with Crippen LogP contribution in [-0.4, -0.2) is 32.2 Å². The van der Waals surface area contributed by atoms with Crippen LogP contribution in [0.5, 0.6) is 0 Å². The van der Waals surface area contributed by atoms with Gasteiger partial charge in [0.25, 0.3) is 10.0 Å². The van der Waals surface area contributed by atoms with Gasteiger partial charge in [-0.1, -0.05) is 31.0 Å². The van der Waals surface area contributed by atoms with Crippen LogP contribution in [0.3, 0.4) is 0 Å². The van der Waals surface area contributed by atoms with Gasteiger partial charge in [0.15, 0.2) is 0 Å². The molecule has 110 valence electrons. The zero-order chi connectivity index (χ0) is 14.6. The predicted molar refractivity (Wildman–Crippen MR) is 81.5 cm³/mol. The van der Waals surface area contributed by atoms with Crippen LogP contribution in [0.15, 0.2) is 33.6 Å². The lowest BCUT2D eigenvalue weighted by Gasteiger charge is -2.18. The van der Waals surface area contributed by atoms with E-state index in [1.807, 2.05) is 6.92 Å². The lowest BCUT2D eigenvalue weighted by atomic mass is 10.2.